The van der Waals surface area contributed by atoms with E-state index < -0.39 is 0 Å². The van der Waals surface area contributed by atoms with Crippen molar-refractivity contribution in [3.8, 4) is 11.1 Å². The van der Waals surface area contributed by atoms with Crippen LogP contribution in [0.5, 0.6) is 0 Å². The number of hydrogen-bond donors (Lipinski definition) is 0. The summed E-state index contributed by atoms with van der Waals surface area (Å²) in [5.74, 6) is 0.685. The minimum absolute atomic E-state index is 0.685. The van der Waals surface area contributed by atoms with Crippen LogP contribution in [0.1, 0.15) is 86.4 Å². The van der Waals surface area contributed by atoms with Gasteiger partial charge < -0.3 is 0 Å². The molecular weight excluding hydrogens is 420 g/mol. The lowest BCUT2D eigenvalue weighted by Crippen LogP contribution is -1.99. The van der Waals surface area contributed by atoms with Crippen molar-refractivity contribution in [1.29, 1.82) is 0 Å². The molecule has 0 saturated heterocycles. The Morgan fingerprint density at radius 2 is 1.11 bits per heavy atom. The van der Waals surface area contributed by atoms with Crippen LogP contribution in [0.15, 0.2) is 53.6 Å². The molecule has 0 radical (unpaired) electrons. The second-order valence-electron chi connectivity index (χ2n) is 11.1. The SMILES string of the molecule is C1=CC2=C(C1)CCC2c1ccccc1.Cc1c(C)c(C)c2c(c1C)Cc1c(C)c(C)c(C)c(C)c1-2. The number of hydrogen-bond acceptors (Lipinski definition) is 0. The molecule has 0 bridgehead atoms. The molecule has 1 atom stereocenters. The first-order chi connectivity index (χ1) is 16.7. The van der Waals surface area contributed by atoms with Crippen LogP contribution in [0.2, 0.25) is 0 Å². The maximum absolute atomic E-state index is 2.33. The van der Waals surface area contributed by atoms with Gasteiger partial charge in [-0.1, -0.05) is 48.1 Å². The monoisotopic (exact) mass is 460 g/mol. The first-order valence-corrected chi connectivity index (χ1v) is 13.3. The van der Waals surface area contributed by atoms with E-state index in [9.17, 15) is 0 Å². The van der Waals surface area contributed by atoms with Crippen LogP contribution in [0, 0.1) is 55.4 Å². The van der Waals surface area contributed by atoms with E-state index in [1.165, 1.54) is 80.5 Å². The molecule has 0 saturated carbocycles. The van der Waals surface area contributed by atoms with E-state index in [-0.39, 0.29) is 0 Å². The topological polar surface area (TPSA) is 0 Å². The van der Waals surface area contributed by atoms with Gasteiger partial charge in [0, 0.05) is 5.92 Å². The summed E-state index contributed by atoms with van der Waals surface area (Å²) in [6.45, 7) is 18.3. The molecule has 3 aliphatic rings. The van der Waals surface area contributed by atoms with E-state index in [4.69, 9.17) is 0 Å². The number of fused-ring (bicyclic) bond motifs is 3. The Labute approximate surface area is 212 Å². The second kappa shape index (κ2) is 8.98. The van der Waals surface area contributed by atoms with Crippen LogP contribution < -0.4 is 0 Å². The fourth-order valence-corrected chi connectivity index (χ4v) is 6.75. The molecule has 3 aromatic rings. The summed E-state index contributed by atoms with van der Waals surface area (Å²) < 4.78 is 0. The molecule has 0 aliphatic heterocycles. The van der Waals surface area contributed by atoms with Crippen molar-refractivity contribution in [2.75, 3.05) is 0 Å². The highest BCUT2D eigenvalue weighted by Gasteiger charge is 2.29. The lowest BCUT2D eigenvalue weighted by molar-refractivity contribution is 0.771. The summed E-state index contributed by atoms with van der Waals surface area (Å²) >= 11 is 0. The minimum Gasteiger partial charge on any atom is -0.0802 e. The summed E-state index contributed by atoms with van der Waals surface area (Å²) in [6, 6.07) is 10.9. The molecule has 0 nitrogen and oxygen atoms in total. The largest absolute Gasteiger partial charge is 0.0802 e. The van der Waals surface area contributed by atoms with Crippen molar-refractivity contribution < 1.29 is 0 Å². The highest BCUT2D eigenvalue weighted by atomic mass is 14.3. The van der Waals surface area contributed by atoms with Gasteiger partial charge >= 0.3 is 0 Å². The Morgan fingerprint density at radius 3 is 1.66 bits per heavy atom. The molecule has 0 amide bonds. The van der Waals surface area contributed by atoms with Gasteiger partial charge in [-0.05, 0) is 159 Å². The smallest absolute Gasteiger partial charge is 0.00919 e. The van der Waals surface area contributed by atoms with Gasteiger partial charge in [-0.25, -0.2) is 0 Å². The zero-order valence-corrected chi connectivity index (χ0v) is 22.9. The van der Waals surface area contributed by atoms with Crippen molar-refractivity contribution in [2.24, 2.45) is 0 Å². The van der Waals surface area contributed by atoms with Crippen molar-refractivity contribution in [1.82, 2.24) is 0 Å². The zero-order valence-electron chi connectivity index (χ0n) is 22.9. The standard InChI is InChI=1S/C21H26.C14H14/c1-10-12(3)16(7)20-18(14(10)5)9-19-15(6)11(2)13(4)17(8)21(19)20;1-2-5-11(6-3-1)14-10-9-12-7-4-8-13(12)14/h9H2,1-8H3;1-6,8,14H,7,9-10H2. The van der Waals surface area contributed by atoms with Gasteiger partial charge in [-0.3, -0.25) is 0 Å². The van der Waals surface area contributed by atoms with Crippen LogP contribution in [-0.2, 0) is 6.42 Å². The van der Waals surface area contributed by atoms with Crippen LogP contribution in [0.25, 0.3) is 11.1 Å². The van der Waals surface area contributed by atoms with Crippen LogP contribution in [-0.4, -0.2) is 0 Å². The van der Waals surface area contributed by atoms with Gasteiger partial charge in [-0.2, -0.15) is 0 Å². The van der Waals surface area contributed by atoms with E-state index in [0.717, 1.165) is 6.42 Å². The fourth-order valence-electron chi connectivity index (χ4n) is 6.75. The molecular formula is C35H40. The molecule has 0 heteroatoms. The average molecular weight is 461 g/mol. The summed E-state index contributed by atoms with van der Waals surface area (Å²) in [6.07, 6.45) is 9.59. The molecule has 35 heavy (non-hydrogen) atoms. The maximum Gasteiger partial charge on any atom is 0.00919 e. The lowest BCUT2D eigenvalue weighted by Gasteiger charge is -2.19. The number of benzene rings is 3. The quantitative estimate of drug-likeness (QED) is 0.265. The molecule has 180 valence electrons. The third-order valence-electron chi connectivity index (χ3n) is 9.62. The van der Waals surface area contributed by atoms with Gasteiger partial charge in [0.25, 0.3) is 0 Å². The Kier molecular flexibility index (Phi) is 6.12. The second-order valence-corrected chi connectivity index (χ2v) is 11.1. The molecule has 0 heterocycles. The van der Waals surface area contributed by atoms with E-state index in [2.05, 4.69) is 97.9 Å². The fraction of sp³-hybridized carbons (Fsp3) is 0.371. The summed E-state index contributed by atoms with van der Waals surface area (Å²) in [7, 11) is 0. The van der Waals surface area contributed by atoms with Gasteiger partial charge in [-0.15, -0.1) is 0 Å². The van der Waals surface area contributed by atoms with E-state index >= 15 is 0 Å². The van der Waals surface area contributed by atoms with E-state index in [1.807, 2.05) is 0 Å². The Hall–Kier alpha value is -2.86. The summed E-state index contributed by atoms with van der Waals surface area (Å²) in [5, 5.41) is 0. The molecule has 0 aromatic heterocycles. The van der Waals surface area contributed by atoms with Crippen molar-refractivity contribution >= 4 is 0 Å². The van der Waals surface area contributed by atoms with Crippen LogP contribution >= 0.6 is 0 Å². The third kappa shape index (κ3) is 3.74. The Bertz CT molecular complexity index is 1330. The number of rotatable bonds is 1. The molecule has 6 rings (SSSR count). The molecule has 1 unspecified atom stereocenters. The van der Waals surface area contributed by atoms with Crippen LogP contribution in [0.4, 0.5) is 0 Å². The van der Waals surface area contributed by atoms with Crippen molar-refractivity contribution in [3.05, 3.63) is 115 Å². The van der Waals surface area contributed by atoms with Gasteiger partial charge in [0.1, 0.15) is 0 Å². The zero-order chi connectivity index (χ0) is 25.0. The molecule has 0 spiro atoms. The summed E-state index contributed by atoms with van der Waals surface area (Å²) in [5.41, 5.74) is 22.8. The van der Waals surface area contributed by atoms with Crippen molar-refractivity contribution in [2.45, 2.75) is 87.0 Å². The molecule has 3 aromatic carbocycles. The molecule has 3 aliphatic carbocycles. The van der Waals surface area contributed by atoms with Gasteiger partial charge in [0.2, 0.25) is 0 Å². The average Bonchev–Trinajstić information content (AvgIpc) is 3.59. The van der Waals surface area contributed by atoms with Gasteiger partial charge in [0.05, 0.1) is 0 Å². The van der Waals surface area contributed by atoms with Crippen LogP contribution in [0.3, 0.4) is 0 Å². The minimum atomic E-state index is 0.685. The lowest BCUT2D eigenvalue weighted by atomic mass is 9.86. The first kappa shape index (κ1) is 23.9. The number of allylic oxidation sites excluding steroid dienone is 4. The third-order valence-corrected chi connectivity index (χ3v) is 9.62. The summed E-state index contributed by atoms with van der Waals surface area (Å²) in [4.78, 5) is 0. The predicted molar refractivity (Wildman–Crippen MR) is 152 cm³/mol. The maximum atomic E-state index is 2.33. The molecule has 0 fully saturated rings. The van der Waals surface area contributed by atoms with Gasteiger partial charge in [0.15, 0.2) is 0 Å². The highest BCUT2D eigenvalue weighted by molar-refractivity contribution is 5.86. The van der Waals surface area contributed by atoms with Crippen molar-refractivity contribution in [3.63, 3.8) is 0 Å². The first-order valence-electron chi connectivity index (χ1n) is 13.3. The predicted octanol–water partition coefficient (Wildman–Crippen LogP) is 9.55. The van der Waals surface area contributed by atoms with E-state index in [1.54, 1.807) is 22.3 Å². The highest BCUT2D eigenvalue weighted by Crippen LogP contribution is 2.47. The van der Waals surface area contributed by atoms with E-state index in [0.29, 0.717) is 5.92 Å². The normalized spacial score (nSPS) is 17.3. The Balaban J connectivity index is 0.000000156. The molecule has 0 N–H and O–H groups in total. The Morgan fingerprint density at radius 1 is 0.600 bits per heavy atom.